The van der Waals surface area contributed by atoms with Crippen molar-refractivity contribution in [2.75, 3.05) is 7.11 Å². The van der Waals surface area contributed by atoms with Crippen molar-refractivity contribution in [1.82, 2.24) is 5.32 Å². The summed E-state index contributed by atoms with van der Waals surface area (Å²) in [7, 11) is 1.54. The Morgan fingerprint density at radius 3 is 2.25 bits per heavy atom. The molecular weight excluding hydrogens is 330 g/mol. The summed E-state index contributed by atoms with van der Waals surface area (Å²) in [6.07, 6.45) is 0. The fourth-order valence-electron chi connectivity index (χ4n) is 2.74. The first-order chi connectivity index (χ1) is 11.5. The third-order valence-electron chi connectivity index (χ3n) is 4.01. The number of hydrogen-bond acceptors (Lipinski definition) is 4. The monoisotopic (exact) mass is 343 g/mol. The SMILES string of the molecule is COc1ccc(C2NC(=O)C(=O)C2C(=O)c2ccc(Cl)cc2)cc1. The molecule has 3 rings (SSSR count). The molecule has 24 heavy (non-hydrogen) atoms. The van der Waals surface area contributed by atoms with E-state index in [-0.39, 0.29) is 0 Å². The van der Waals surface area contributed by atoms with Crippen molar-refractivity contribution in [2.24, 2.45) is 5.92 Å². The molecule has 0 aromatic heterocycles. The molecule has 0 saturated carbocycles. The Bertz CT molecular complexity index is 799. The minimum atomic E-state index is -1.09. The summed E-state index contributed by atoms with van der Waals surface area (Å²) >= 11 is 5.82. The molecule has 0 bridgehead atoms. The van der Waals surface area contributed by atoms with Crippen molar-refractivity contribution < 1.29 is 19.1 Å². The number of nitrogens with one attached hydrogen (secondary N) is 1. The lowest BCUT2D eigenvalue weighted by atomic mass is 9.86. The van der Waals surface area contributed by atoms with Gasteiger partial charge in [-0.2, -0.15) is 0 Å². The van der Waals surface area contributed by atoms with E-state index in [1.54, 1.807) is 55.6 Å². The second-order valence-corrected chi connectivity index (χ2v) is 5.87. The lowest BCUT2D eigenvalue weighted by Gasteiger charge is -2.17. The molecule has 1 fully saturated rings. The van der Waals surface area contributed by atoms with Gasteiger partial charge in [0.05, 0.1) is 13.2 Å². The van der Waals surface area contributed by atoms with Gasteiger partial charge in [0.1, 0.15) is 11.7 Å². The third kappa shape index (κ3) is 2.90. The van der Waals surface area contributed by atoms with Crippen molar-refractivity contribution in [3.63, 3.8) is 0 Å². The maximum Gasteiger partial charge on any atom is 0.288 e. The molecule has 6 heteroatoms. The summed E-state index contributed by atoms with van der Waals surface area (Å²) < 4.78 is 5.10. The number of benzene rings is 2. The van der Waals surface area contributed by atoms with Gasteiger partial charge < -0.3 is 10.1 Å². The maximum absolute atomic E-state index is 12.7. The van der Waals surface area contributed by atoms with Gasteiger partial charge in [0, 0.05) is 10.6 Å². The van der Waals surface area contributed by atoms with Crippen LogP contribution in [0.3, 0.4) is 0 Å². The van der Waals surface area contributed by atoms with Crippen molar-refractivity contribution in [3.8, 4) is 5.75 Å². The Hall–Kier alpha value is -2.66. The van der Waals surface area contributed by atoms with Crippen LogP contribution in [0.5, 0.6) is 5.75 Å². The summed E-state index contributed by atoms with van der Waals surface area (Å²) in [5.41, 5.74) is 1.01. The number of methoxy groups -OCH3 is 1. The van der Waals surface area contributed by atoms with Crippen LogP contribution in [0.2, 0.25) is 5.02 Å². The summed E-state index contributed by atoms with van der Waals surface area (Å²) in [4.78, 5) is 36.8. The van der Waals surface area contributed by atoms with Crippen LogP contribution in [0.15, 0.2) is 48.5 Å². The van der Waals surface area contributed by atoms with Crippen molar-refractivity contribution in [2.45, 2.75) is 6.04 Å². The van der Waals surface area contributed by atoms with Crippen molar-refractivity contribution in [3.05, 3.63) is 64.7 Å². The van der Waals surface area contributed by atoms with Crippen molar-refractivity contribution >= 4 is 29.1 Å². The van der Waals surface area contributed by atoms with Gasteiger partial charge in [-0.05, 0) is 42.0 Å². The van der Waals surface area contributed by atoms with Gasteiger partial charge in [-0.15, -0.1) is 0 Å². The summed E-state index contributed by atoms with van der Waals surface area (Å²) in [6, 6.07) is 12.4. The van der Waals surface area contributed by atoms with Crippen molar-refractivity contribution in [1.29, 1.82) is 0 Å². The smallest absolute Gasteiger partial charge is 0.288 e. The highest BCUT2D eigenvalue weighted by atomic mass is 35.5. The number of Topliss-reactive ketones (excluding diaryl/α,β-unsaturated/α-hetero) is 2. The van der Waals surface area contributed by atoms with Gasteiger partial charge in [-0.3, -0.25) is 14.4 Å². The van der Waals surface area contributed by atoms with Crippen LogP contribution in [0.1, 0.15) is 22.0 Å². The highest BCUT2D eigenvalue weighted by Gasteiger charge is 2.46. The Morgan fingerprint density at radius 1 is 1.04 bits per heavy atom. The van der Waals surface area contributed by atoms with E-state index in [1.165, 1.54) is 0 Å². The predicted octanol–water partition coefficient (Wildman–Crippen LogP) is 2.59. The standard InChI is InChI=1S/C18H14ClNO4/c1-24-13-8-4-10(5-9-13)15-14(17(22)18(23)20-15)16(21)11-2-6-12(19)7-3-11/h2-9,14-15H,1H3,(H,20,23). The van der Waals surface area contributed by atoms with Crippen LogP contribution in [0, 0.1) is 5.92 Å². The number of carbonyl (C=O) groups is 3. The van der Waals surface area contributed by atoms with Gasteiger partial charge in [-0.1, -0.05) is 23.7 Å². The first-order valence-electron chi connectivity index (χ1n) is 7.29. The molecule has 0 aliphatic carbocycles. The number of halogens is 1. The fourth-order valence-corrected chi connectivity index (χ4v) is 2.87. The number of ketones is 2. The fraction of sp³-hybridized carbons (Fsp3) is 0.167. The molecule has 1 aliphatic rings. The molecule has 1 N–H and O–H groups in total. The minimum Gasteiger partial charge on any atom is -0.497 e. The molecule has 5 nitrogen and oxygen atoms in total. The Morgan fingerprint density at radius 2 is 1.67 bits per heavy atom. The van der Waals surface area contributed by atoms with E-state index in [9.17, 15) is 14.4 Å². The molecule has 0 spiro atoms. The molecule has 0 radical (unpaired) electrons. The van der Waals surface area contributed by atoms with Crippen LogP contribution >= 0.6 is 11.6 Å². The second kappa shape index (κ2) is 6.45. The van der Waals surface area contributed by atoms with E-state index in [2.05, 4.69) is 5.32 Å². The second-order valence-electron chi connectivity index (χ2n) is 5.44. The van der Waals surface area contributed by atoms with E-state index in [1.807, 2.05) is 0 Å². The normalized spacial score (nSPS) is 19.9. The molecule has 2 aromatic carbocycles. The number of amides is 1. The number of ether oxygens (including phenoxy) is 1. The highest BCUT2D eigenvalue weighted by molar-refractivity contribution is 6.44. The average Bonchev–Trinajstić information content (AvgIpc) is 2.90. The van der Waals surface area contributed by atoms with Crippen LogP contribution in [0.25, 0.3) is 0 Å². The zero-order valence-electron chi connectivity index (χ0n) is 12.8. The third-order valence-corrected chi connectivity index (χ3v) is 4.26. The van der Waals surface area contributed by atoms with Gasteiger partial charge in [0.2, 0.25) is 5.78 Å². The van der Waals surface area contributed by atoms with Gasteiger partial charge >= 0.3 is 0 Å². The van der Waals surface area contributed by atoms with Gasteiger partial charge in [0.15, 0.2) is 5.78 Å². The lowest BCUT2D eigenvalue weighted by Crippen LogP contribution is -2.26. The quantitative estimate of drug-likeness (QED) is 0.526. The predicted molar refractivity (Wildman–Crippen MR) is 88.2 cm³/mol. The lowest BCUT2D eigenvalue weighted by molar-refractivity contribution is -0.135. The maximum atomic E-state index is 12.7. The van der Waals surface area contributed by atoms with Crippen LogP contribution in [0.4, 0.5) is 0 Å². The number of carbonyl (C=O) groups excluding carboxylic acids is 3. The summed E-state index contributed by atoms with van der Waals surface area (Å²) in [5, 5.41) is 3.08. The molecule has 2 aromatic rings. The molecule has 2 unspecified atom stereocenters. The first-order valence-corrected chi connectivity index (χ1v) is 7.67. The summed E-state index contributed by atoms with van der Waals surface area (Å²) in [5.74, 6) is -2.32. The molecule has 2 atom stereocenters. The van der Waals surface area contributed by atoms with E-state index >= 15 is 0 Å². The van der Waals surface area contributed by atoms with E-state index in [4.69, 9.17) is 16.3 Å². The van der Waals surface area contributed by atoms with Gasteiger partial charge in [0.25, 0.3) is 5.91 Å². The molecule has 122 valence electrons. The number of rotatable bonds is 4. The van der Waals surface area contributed by atoms with Crippen LogP contribution in [-0.2, 0) is 9.59 Å². The molecule has 1 saturated heterocycles. The Kier molecular flexibility index (Phi) is 4.36. The van der Waals surface area contributed by atoms with E-state index < -0.39 is 29.4 Å². The Balaban J connectivity index is 1.95. The first kappa shape index (κ1) is 16.2. The Labute approximate surface area is 143 Å². The average molecular weight is 344 g/mol. The van der Waals surface area contributed by atoms with Gasteiger partial charge in [-0.25, -0.2) is 0 Å². The zero-order chi connectivity index (χ0) is 17.3. The topological polar surface area (TPSA) is 72.5 Å². The van der Waals surface area contributed by atoms with E-state index in [0.717, 1.165) is 0 Å². The van der Waals surface area contributed by atoms with Crippen LogP contribution < -0.4 is 10.1 Å². The number of hydrogen-bond donors (Lipinski definition) is 1. The molecule has 1 heterocycles. The summed E-state index contributed by atoms with van der Waals surface area (Å²) in [6.45, 7) is 0. The molecule has 1 aliphatic heterocycles. The highest BCUT2D eigenvalue weighted by Crippen LogP contribution is 2.32. The van der Waals surface area contributed by atoms with Crippen LogP contribution in [-0.4, -0.2) is 24.6 Å². The zero-order valence-corrected chi connectivity index (χ0v) is 13.5. The minimum absolute atomic E-state index is 0.341. The largest absolute Gasteiger partial charge is 0.497 e. The van der Waals surface area contributed by atoms with E-state index in [0.29, 0.717) is 21.9 Å². The molecule has 1 amide bonds. The molecular formula is C18H14ClNO4.